The molecule has 0 radical (unpaired) electrons. The number of rotatable bonds is 0. The maximum absolute atomic E-state index is 13.2. The van der Waals surface area contributed by atoms with Gasteiger partial charge in [-0.15, -0.1) is 0 Å². The summed E-state index contributed by atoms with van der Waals surface area (Å²) in [7, 11) is 0. The quantitative estimate of drug-likeness (QED) is 0.672. The molecule has 0 bridgehead atoms. The minimum absolute atomic E-state index is 0.00573. The molecule has 0 saturated heterocycles. The van der Waals surface area contributed by atoms with Crippen molar-refractivity contribution in [2.24, 2.45) is 16.7 Å². The van der Waals surface area contributed by atoms with Crippen molar-refractivity contribution in [3.8, 4) is 0 Å². The lowest BCUT2D eigenvalue weighted by Crippen LogP contribution is -2.75. The van der Waals surface area contributed by atoms with Gasteiger partial charge < -0.3 is 19.7 Å². The first kappa shape index (κ1) is 18.9. The molecule has 0 aromatic heterocycles. The van der Waals surface area contributed by atoms with Crippen LogP contribution < -0.4 is 0 Å². The lowest BCUT2D eigenvalue weighted by atomic mass is 9.41. The van der Waals surface area contributed by atoms with E-state index in [4.69, 9.17) is 9.47 Å². The van der Waals surface area contributed by atoms with Crippen LogP contribution in [0.2, 0.25) is 0 Å². The van der Waals surface area contributed by atoms with Crippen LogP contribution in [0.5, 0.6) is 0 Å². The SMILES string of the molecule is C[C@@H]1CC(=O)C2=C(O1)O[C@]1(C)CC[C@]3(O)C(C)(C)[C@H](O)CC(=O)[C@@]3(C)[C@H]1C2. The zero-order valence-electron chi connectivity index (χ0n) is 16.8. The third-order valence-corrected chi connectivity index (χ3v) is 8.23. The molecule has 2 saturated carbocycles. The van der Waals surface area contributed by atoms with Crippen LogP contribution in [0.3, 0.4) is 0 Å². The summed E-state index contributed by atoms with van der Waals surface area (Å²) in [6.07, 6.45) is 0.406. The van der Waals surface area contributed by atoms with Crippen molar-refractivity contribution in [2.75, 3.05) is 0 Å². The van der Waals surface area contributed by atoms with Gasteiger partial charge in [0.15, 0.2) is 5.78 Å². The van der Waals surface area contributed by atoms with E-state index >= 15 is 0 Å². The van der Waals surface area contributed by atoms with Crippen molar-refractivity contribution in [3.63, 3.8) is 0 Å². The van der Waals surface area contributed by atoms with Crippen LogP contribution in [0.4, 0.5) is 0 Å². The average molecular weight is 378 g/mol. The van der Waals surface area contributed by atoms with E-state index in [0.29, 0.717) is 37.2 Å². The third kappa shape index (κ3) is 2.14. The Bertz CT molecular complexity index is 754. The number of ether oxygens (including phenoxy) is 2. The van der Waals surface area contributed by atoms with E-state index in [1.165, 1.54) is 0 Å². The molecule has 0 amide bonds. The summed E-state index contributed by atoms with van der Waals surface area (Å²) in [6.45, 7) is 9.25. The molecule has 2 N–H and O–H groups in total. The maximum atomic E-state index is 13.2. The molecule has 6 nitrogen and oxygen atoms in total. The highest BCUT2D eigenvalue weighted by molar-refractivity contribution is 5.97. The molecule has 0 unspecified atom stereocenters. The Morgan fingerprint density at radius 3 is 2.37 bits per heavy atom. The van der Waals surface area contributed by atoms with Gasteiger partial charge in [-0.1, -0.05) is 13.8 Å². The second-order valence-electron chi connectivity index (χ2n) is 9.92. The Hall–Kier alpha value is -1.40. The highest BCUT2D eigenvalue weighted by Crippen LogP contribution is 2.66. The van der Waals surface area contributed by atoms with E-state index in [1.807, 2.05) is 27.7 Å². The van der Waals surface area contributed by atoms with E-state index in [0.717, 1.165) is 0 Å². The fourth-order valence-electron chi connectivity index (χ4n) is 6.13. The molecule has 2 fully saturated rings. The van der Waals surface area contributed by atoms with Crippen LogP contribution in [-0.2, 0) is 19.1 Å². The summed E-state index contributed by atoms with van der Waals surface area (Å²) in [4.78, 5) is 25.9. The second-order valence-corrected chi connectivity index (χ2v) is 9.92. The van der Waals surface area contributed by atoms with Crippen molar-refractivity contribution in [3.05, 3.63) is 11.5 Å². The van der Waals surface area contributed by atoms with Crippen molar-refractivity contribution in [1.29, 1.82) is 0 Å². The minimum atomic E-state index is -1.37. The number of carbonyl (C=O) groups excluding carboxylic acids is 2. The Morgan fingerprint density at radius 2 is 1.70 bits per heavy atom. The molecule has 2 aliphatic heterocycles. The summed E-state index contributed by atoms with van der Waals surface area (Å²) < 4.78 is 12.0. The maximum Gasteiger partial charge on any atom is 0.286 e. The van der Waals surface area contributed by atoms with E-state index in [9.17, 15) is 19.8 Å². The van der Waals surface area contributed by atoms with Gasteiger partial charge in [0, 0.05) is 24.2 Å². The van der Waals surface area contributed by atoms with Gasteiger partial charge in [0.25, 0.3) is 5.95 Å². The monoisotopic (exact) mass is 378 g/mol. The predicted octanol–water partition coefficient (Wildman–Crippen LogP) is 2.26. The second kappa shape index (κ2) is 5.35. The van der Waals surface area contributed by atoms with Crippen LogP contribution in [0, 0.1) is 16.7 Å². The van der Waals surface area contributed by atoms with Gasteiger partial charge in [-0.05, 0) is 40.0 Å². The minimum Gasteiger partial charge on any atom is -0.462 e. The van der Waals surface area contributed by atoms with Gasteiger partial charge in [0.05, 0.1) is 22.7 Å². The fourth-order valence-corrected chi connectivity index (χ4v) is 6.13. The van der Waals surface area contributed by atoms with Crippen LogP contribution >= 0.6 is 0 Å². The van der Waals surface area contributed by atoms with Gasteiger partial charge in [-0.25, -0.2) is 0 Å². The lowest BCUT2D eigenvalue weighted by Gasteiger charge is -2.67. The first-order valence-electron chi connectivity index (χ1n) is 9.92. The predicted molar refractivity (Wildman–Crippen MR) is 96.5 cm³/mol. The molecule has 4 aliphatic rings. The van der Waals surface area contributed by atoms with Gasteiger partial charge in [0.1, 0.15) is 17.5 Å². The van der Waals surface area contributed by atoms with Crippen LogP contribution in [0.1, 0.15) is 66.7 Å². The molecule has 150 valence electrons. The van der Waals surface area contributed by atoms with Gasteiger partial charge in [0.2, 0.25) is 0 Å². The Labute approximate surface area is 159 Å². The van der Waals surface area contributed by atoms with Crippen LogP contribution in [-0.4, -0.2) is 45.2 Å². The van der Waals surface area contributed by atoms with Crippen LogP contribution in [0.15, 0.2) is 11.5 Å². The van der Waals surface area contributed by atoms with Crippen LogP contribution in [0.25, 0.3) is 0 Å². The fraction of sp³-hybridized carbons (Fsp3) is 0.810. The Morgan fingerprint density at radius 1 is 1.04 bits per heavy atom. The summed E-state index contributed by atoms with van der Waals surface area (Å²) in [5.74, 6) is -0.221. The number of hydrogen-bond donors (Lipinski definition) is 2. The number of ketones is 2. The normalized spacial score (nSPS) is 48.8. The third-order valence-electron chi connectivity index (χ3n) is 8.23. The average Bonchev–Trinajstić information content (AvgIpc) is 2.56. The topological polar surface area (TPSA) is 93.1 Å². The molecule has 0 aromatic rings. The van der Waals surface area contributed by atoms with E-state index in [1.54, 1.807) is 6.92 Å². The first-order valence-corrected chi connectivity index (χ1v) is 9.92. The Balaban J connectivity index is 1.84. The summed E-state index contributed by atoms with van der Waals surface area (Å²) in [5, 5.41) is 22.4. The number of carbonyl (C=O) groups is 2. The largest absolute Gasteiger partial charge is 0.462 e. The molecule has 6 heteroatoms. The van der Waals surface area contributed by atoms with E-state index in [2.05, 4.69) is 0 Å². The van der Waals surface area contributed by atoms with Gasteiger partial charge >= 0.3 is 0 Å². The highest BCUT2D eigenvalue weighted by atomic mass is 16.7. The highest BCUT2D eigenvalue weighted by Gasteiger charge is 2.73. The zero-order chi connectivity index (χ0) is 20.0. The lowest BCUT2D eigenvalue weighted by molar-refractivity contribution is -0.283. The Kier molecular flexibility index (Phi) is 3.75. The summed E-state index contributed by atoms with van der Waals surface area (Å²) in [6, 6.07) is 0. The molecule has 0 spiro atoms. The molecule has 2 aliphatic carbocycles. The molecular formula is C21H30O6. The number of Topliss-reactive ketones (excluding diaryl/α,β-unsaturated/α-hetero) is 2. The smallest absolute Gasteiger partial charge is 0.286 e. The number of fused-ring (bicyclic) bond motifs is 3. The molecule has 27 heavy (non-hydrogen) atoms. The molecule has 6 atom stereocenters. The number of aliphatic hydroxyl groups is 2. The van der Waals surface area contributed by atoms with Gasteiger partial charge in [-0.3, -0.25) is 9.59 Å². The number of hydrogen-bond acceptors (Lipinski definition) is 6. The number of aliphatic hydroxyl groups excluding tert-OH is 1. The zero-order valence-corrected chi connectivity index (χ0v) is 16.8. The molecule has 0 aromatic carbocycles. The molecule has 2 heterocycles. The first-order chi connectivity index (χ1) is 12.4. The molecular weight excluding hydrogens is 348 g/mol. The van der Waals surface area contributed by atoms with Crippen molar-refractivity contribution in [2.45, 2.75) is 90.1 Å². The van der Waals surface area contributed by atoms with Gasteiger partial charge in [-0.2, -0.15) is 0 Å². The van der Waals surface area contributed by atoms with E-state index in [-0.39, 0.29) is 30.0 Å². The van der Waals surface area contributed by atoms with Crippen molar-refractivity contribution in [1.82, 2.24) is 0 Å². The van der Waals surface area contributed by atoms with Crippen molar-refractivity contribution >= 4 is 11.6 Å². The summed E-state index contributed by atoms with van der Waals surface area (Å²) in [5.41, 5.74) is -3.52. The number of allylic oxidation sites excluding steroid dienone is 1. The summed E-state index contributed by atoms with van der Waals surface area (Å²) >= 11 is 0. The van der Waals surface area contributed by atoms with E-state index < -0.39 is 28.1 Å². The standard InChI is InChI=1S/C21H30O6/c1-11-8-13(22)12-9-14-19(4,27-17(12)26-11)6-7-21(25)18(2,3)15(23)10-16(24)20(14,21)5/h11,14-15,23,25H,6-10H2,1-5H3/t11-,14+,15-,19-,20-,21+/m1/s1. The molecule has 4 rings (SSSR count). The van der Waals surface area contributed by atoms with Crippen molar-refractivity contribution < 1.29 is 29.3 Å².